The Morgan fingerprint density at radius 1 is 0.914 bits per heavy atom. The van der Waals surface area contributed by atoms with Crippen molar-refractivity contribution in [3.8, 4) is 5.75 Å². The van der Waals surface area contributed by atoms with Crippen LogP contribution >= 0.6 is 0 Å². The number of ether oxygens (including phenoxy) is 2. The maximum Gasteiger partial charge on any atom is 0.326 e. The molecule has 0 spiro atoms. The van der Waals surface area contributed by atoms with Gasteiger partial charge in [0.25, 0.3) is 5.91 Å². The number of benzene rings is 3. The number of hydrogen-bond donors (Lipinski definition) is 0. The minimum absolute atomic E-state index is 0.0744. The van der Waals surface area contributed by atoms with Crippen molar-refractivity contribution in [2.45, 2.75) is 32.0 Å². The van der Waals surface area contributed by atoms with Crippen molar-refractivity contribution in [1.29, 1.82) is 0 Å². The zero-order chi connectivity index (χ0) is 24.4. The Hall–Kier alpha value is -4.13. The monoisotopic (exact) mass is 470 g/mol. The number of fused-ring (bicyclic) bond motifs is 2. The van der Waals surface area contributed by atoms with E-state index >= 15 is 0 Å². The lowest BCUT2D eigenvalue weighted by Gasteiger charge is -2.22. The number of methoxy groups -OCH3 is 1. The number of carbonyl (C=O) groups excluding carboxylic acids is 2. The summed E-state index contributed by atoms with van der Waals surface area (Å²) in [4.78, 5) is 40.4. The normalized spacial score (nSPS) is 13.1. The maximum atomic E-state index is 13.0. The first-order valence-electron chi connectivity index (χ1n) is 11.6. The summed E-state index contributed by atoms with van der Waals surface area (Å²) >= 11 is 0. The lowest BCUT2D eigenvalue weighted by Crippen LogP contribution is -2.36. The molecule has 1 heterocycles. The maximum absolute atomic E-state index is 13.0. The van der Waals surface area contributed by atoms with Gasteiger partial charge in [-0.15, -0.1) is 0 Å². The molecule has 7 heteroatoms. The molecule has 0 saturated heterocycles. The molecule has 1 aromatic heterocycles. The summed E-state index contributed by atoms with van der Waals surface area (Å²) in [6.45, 7) is 0.0398. The van der Waals surface area contributed by atoms with Crippen LogP contribution in [0.15, 0.2) is 77.6 Å². The molecule has 0 atom stereocenters. The van der Waals surface area contributed by atoms with E-state index in [9.17, 15) is 14.4 Å². The third kappa shape index (κ3) is 4.75. The molecule has 178 valence electrons. The van der Waals surface area contributed by atoms with E-state index in [0.29, 0.717) is 28.4 Å². The molecule has 1 fully saturated rings. The third-order valence-corrected chi connectivity index (χ3v) is 6.34. The van der Waals surface area contributed by atoms with Crippen LogP contribution in [-0.4, -0.2) is 41.1 Å². The Kier molecular flexibility index (Phi) is 6.23. The molecule has 7 nitrogen and oxygen atoms in total. The second kappa shape index (κ2) is 9.62. The van der Waals surface area contributed by atoms with E-state index in [1.807, 2.05) is 48.5 Å². The number of hydrogen-bond acceptors (Lipinski definition) is 5. The number of esters is 1. The molecule has 0 aliphatic heterocycles. The van der Waals surface area contributed by atoms with Crippen LogP contribution in [0.3, 0.4) is 0 Å². The van der Waals surface area contributed by atoms with Gasteiger partial charge < -0.3 is 18.9 Å². The highest BCUT2D eigenvalue weighted by Gasteiger charge is 2.33. The average molecular weight is 471 g/mol. The van der Waals surface area contributed by atoms with Crippen LogP contribution in [0.1, 0.15) is 18.4 Å². The van der Waals surface area contributed by atoms with Crippen LogP contribution in [0, 0.1) is 0 Å². The number of aromatic nitrogens is 1. The Balaban J connectivity index is 1.31. The van der Waals surface area contributed by atoms with Gasteiger partial charge in [-0.25, -0.2) is 0 Å². The minimum atomic E-state index is -0.530. The van der Waals surface area contributed by atoms with Gasteiger partial charge in [0.1, 0.15) is 12.3 Å². The van der Waals surface area contributed by atoms with Crippen LogP contribution in [0.25, 0.3) is 21.8 Å². The first kappa shape index (κ1) is 22.7. The highest BCUT2D eigenvalue weighted by atomic mass is 16.5. The number of carbonyl (C=O) groups is 2. The predicted octanol–water partition coefficient (Wildman–Crippen LogP) is 3.90. The summed E-state index contributed by atoms with van der Waals surface area (Å²) in [7, 11) is 1.61. The molecule has 5 rings (SSSR count). The SMILES string of the molecule is COc1ccc(CN(C(=O)COC(=O)Cn2c3ccccc3c(=O)c3ccccc32)C2CC2)cc1. The van der Waals surface area contributed by atoms with Crippen LogP contribution in [0.4, 0.5) is 0 Å². The molecule has 3 aromatic carbocycles. The van der Waals surface area contributed by atoms with Crippen molar-refractivity contribution in [1.82, 2.24) is 9.47 Å². The number of rotatable bonds is 8. The Labute approximate surface area is 202 Å². The topological polar surface area (TPSA) is 77.8 Å². The molecule has 0 radical (unpaired) electrons. The summed E-state index contributed by atoms with van der Waals surface area (Å²) in [5, 5.41) is 1.07. The molecule has 0 N–H and O–H groups in total. The van der Waals surface area contributed by atoms with Crippen molar-refractivity contribution in [3.63, 3.8) is 0 Å². The summed E-state index contributed by atoms with van der Waals surface area (Å²) in [5.74, 6) is 0.0123. The summed E-state index contributed by atoms with van der Waals surface area (Å²) in [5.41, 5.74) is 2.22. The summed E-state index contributed by atoms with van der Waals surface area (Å²) in [6, 6.07) is 22.2. The van der Waals surface area contributed by atoms with Gasteiger partial charge in [0.15, 0.2) is 12.0 Å². The van der Waals surface area contributed by atoms with Crippen molar-refractivity contribution in [3.05, 3.63) is 88.6 Å². The number of para-hydroxylation sites is 2. The fourth-order valence-electron chi connectivity index (χ4n) is 4.38. The predicted molar refractivity (Wildman–Crippen MR) is 133 cm³/mol. The first-order valence-corrected chi connectivity index (χ1v) is 11.6. The van der Waals surface area contributed by atoms with Gasteiger partial charge in [-0.05, 0) is 54.8 Å². The van der Waals surface area contributed by atoms with Crippen molar-refractivity contribution >= 4 is 33.7 Å². The van der Waals surface area contributed by atoms with Crippen molar-refractivity contribution < 1.29 is 19.1 Å². The molecule has 1 aliphatic carbocycles. The number of pyridine rings is 1. The fourth-order valence-corrected chi connectivity index (χ4v) is 4.38. The molecule has 0 bridgehead atoms. The molecule has 35 heavy (non-hydrogen) atoms. The van der Waals surface area contributed by atoms with Gasteiger partial charge >= 0.3 is 5.97 Å². The van der Waals surface area contributed by atoms with Gasteiger partial charge in [0, 0.05) is 23.4 Å². The molecular weight excluding hydrogens is 444 g/mol. The smallest absolute Gasteiger partial charge is 0.326 e. The Morgan fingerprint density at radius 3 is 2.09 bits per heavy atom. The molecule has 1 amide bonds. The highest BCUT2D eigenvalue weighted by Crippen LogP contribution is 2.29. The molecular formula is C28H26N2O5. The zero-order valence-electron chi connectivity index (χ0n) is 19.5. The molecule has 0 unspecified atom stereocenters. The van der Waals surface area contributed by atoms with Crippen LogP contribution < -0.4 is 10.2 Å². The van der Waals surface area contributed by atoms with Crippen LogP contribution in [0.2, 0.25) is 0 Å². The van der Waals surface area contributed by atoms with E-state index in [0.717, 1.165) is 24.2 Å². The highest BCUT2D eigenvalue weighted by molar-refractivity contribution is 5.94. The molecule has 4 aromatic rings. The van der Waals surface area contributed by atoms with E-state index in [-0.39, 0.29) is 30.5 Å². The number of amides is 1. The fraction of sp³-hybridized carbons (Fsp3) is 0.250. The van der Waals surface area contributed by atoms with Gasteiger partial charge in [0.05, 0.1) is 18.1 Å². The van der Waals surface area contributed by atoms with E-state index in [4.69, 9.17) is 9.47 Å². The van der Waals surface area contributed by atoms with Gasteiger partial charge in [-0.1, -0.05) is 36.4 Å². The lowest BCUT2D eigenvalue weighted by atomic mass is 10.1. The zero-order valence-corrected chi connectivity index (χ0v) is 19.5. The van der Waals surface area contributed by atoms with Crippen molar-refractivity contribution in [2.75, 3.05) is 13.7 Å². The van der Waals surface area contributed by atoms with Crippen LogP contribution in [0.5, 0.6) is 5.75 Å². The summed E-state index contributed by atoms with van der Waals surface area (Å²) < 4.78 is 12.4. The van der Waals surface area contributed by atoms with Gasteiger partial charge in [-0.2, -0.15) is 0 Å². The average Bonchev–Trinajstić information content (AvgIpc) is 3.74. The summed E-state index contributed by atoms with van der Waals surface area (Å²) in [6.07, 6.45) is 1.90. The lowest BCUT2D eigenvalue weighted by molar-refractivity contribution is -0.153. The third-order valence-electron chi connectivity index (χ3n) is 6.34. The first-order chi connectivity index (χ1) is 17.0. The van der Waals surface area contributed by atoms with Gasteiger partial charge in [-0.3, -0.25) is 14.4 Å². The standard InChI is InChI=1S/C28H26N2O5/c1-34-21-14-10-19(11-15-21)16-29(20-12-13-20)26(31)18-35-27(32)17-30-24-8-4-2-6-22(24)28(33)23-7-3-5-9-25(23)30/h2-11,14-15,20H,12-13,16-18H2,1H3. The second-order valence-electron chi connectivity index (χ2n) is 8.71. The molecule has 1 aliphatic rings. The van der Waals surface area contributed by atoms with E-state index in [2.05, 4.69) is 0 Å². The minimum Gasteiger partial charge on any atom is -0.497 e. The van der Waals surface area contributed by atoms with E-state index in [1.165, 1.54) is 0 Å². The van der Waals surface area contributed by atoms with Crippen molar-refractivity contribution in [2.24, 2.45) is 0 Å². The largest absolute Gasteiger partial charge is 0.497 e. The van der Waals surface area contributed by atoms with E-state index in [1.54, 1.807) is 40.8 Å². The van der Waals surface area contributed by atoms with Crippen LogP contribution in [-0.2, 0) is 27.4 Å². The Bertz CT molecular complexity index is 1390. The second-order valence-corrected chi connectivity index (χ2v) is 8.71. The Morgan fingerprint density at radius 2 is 1.51 bits per heavy atom. The number of nitrogens with zero attached hydrogens (tertiary/aromatic N) is 2. The van der Waals surface area contributed by atoms with Gasteiger partial charge in [0.2, 0.25) is 0 Å². The van der Waals surface area contributed by atoms with E-state index < -0.39 is 5.97 Å². The quantitative estimate of drug-likeness (QED) is 0.288. The molecule has 1 saturated carbocycles.